The van der Waals surface area contributed by atoms with Crippen molar-refractivity contribution in [2.24, 2.45) is 5.73 Å². The monoisotopic (exact) mass is 221 g/mol. The first-order chi connectivity index (χ1) is 7.70. The Labute approximate surface area is 94.2 Å². The van der Waals surface area contributed by atoms with Gasteiger partial charge in [0.25, 0.3) is 0 Å². The number of nitrogens with two attached hydrogens (primary N) is 1. The molecule has 1 unspecified atom stereocenters. The number of pyridine rings is 1. The molecule has 0 aliphatic carbocycles. The lowest BCUT2D eigenvalue weighted by atomic mass is 10.0. The molecule has 1 saturated heterocycles. The van der Waals surface area contributed by atoms with Crippen molar-refractivity contribution in [3.8, 4) is 5.88 Å². The van der Waals surface area contributed by atoms with Crippen LogP contribution in [-0.4, -0.2) is 30.6 Å². The molecular formula is C11H15N3O2. The summed E-state index contributed by atoms with van der Waals surface area (Å²) in [5.41, 5.74) is 6.56. The maximum atomic E-state index is 11.8. The molecule has 0 bridgehead atoms. The van der Waals surface area contributed by atoms with Crippen molar-refractivity contribution >= 4 is 11.6 Å². The van der Waals surface area contributed by atoms with Crippen LogP contribution in [0.25, 0.3) is 0 Å². The van der Waals surface area contributed by atoms with Crippen LogP contribution >= 0.6 is 0 Å². The number of carbonyl (C=O) groups is 1. The van der Waals surface area contributed by atoms with Crippen LogP contribution in [-0.2, 0) is 4.79 Å². The van der Waals surface area contributed by atoms with E-state index in [1.807, 2.05) is 0 Å². The van der Waals surface area contributed by atoms with E-state index in [2.05, 4.69) is 4.98 Å². The molecule has 1 atom stereocenters. The van der Waals surface area contributed by atoms with Gasteiger partial charge in [0.1, 0.15) is 0 Å². The number of ether oxygens (including phenoxy) is 1. The molecular weight excluding hydrogens is 206 g/mol. The van der Waals surface area contributed by atoms with E-state index >= 15 is 0 Å². The van der Waals surface area contributed by atoms with Crippen LogP contribution in [0.15, 0.2) is 18.3 Å². The van der Waals surface area contributed by atoms with Gasteiger partial charge in [0.15, 0.2) is 0 Å². The topological polar surface area (TPSA) is 68.5 Å². The van der Waals surface area contributed by atoms with Crippen LogP contribution in [0.3, 0.4) is 0 Å². The fourth-order valence-electron chi connectivity index (χ4n) is 1.81. The molecule has 86 valence electrons. The van der Waals surface area contributed by atoms with Crippen LogP contribution in [0.4, 0.5) is 5.69 Å². The highest BCUT2D eigenvalue weighted by molar-refractivity contribution is 5.94. The van der Waals surface area contributed by atoms with Crippen LogP contribution in [0, 0.1) is 0 Å². The minimum absolute atomic E-state index is 0.00696. The Hall–Kier alpha value is -1.62. The van der Waals surface area contributed by atoms with Gasteiger partial charge < -0.3 is 15.4 Å². The Balaban J connectivity index is 2.20. The zero-order valence-corrected chi connectivity index (χ0v) is 9.22. The average Bonchev–Trinajstić information content (AvgIpc) is 2.29. The lowest BCUT2D eigenvalue weighted by Gasteiger charge is -2.30. The van der Waals surface area contributed by atoms with Gasteiger partial charge >= 0.3 is 0 Å². The molecule has 1 aromatic rings. The first-order valence-corrected chi connectivity index (χ1v) is 5.26. The minimum Gasteiger partial charge on any atom is -0.481 e. The third-order valence-electron chi connectivity index (χ3n) is 2.70. The number of amides is 1. The molecule has 0 saturated carbocycles. The highest BCUT2D eigenvalue weighted by Gasteiger charge is 2.24. The van der Waals surface area contributed by atoms with Gasteiger partial charge in [-0.2, -0.15) is 0 Å². The number of carbonyl (C=O) groups excluding carboxylic acids is 1. The molecule has 0 radical (unpaired) electrons. The molecule has 5 heteroatoms. The summed E-state index contributed by atoms with van der Waals surface area (Å²) in [4.78, 5) is 17.5. The van der Waals surface area contributed by atoms with Crippen molar-refractivity contribution < 1.29 is 9.53 Å². The summed E-state index contributed by atoms with van der Waals surface area (Å²) < 4.78 is 5.03. The van der Waals surface area contributed by atoms with Gasteiger partial charge in [0, 0.05) is 31.3 Å². The van der Waals surface area contributed by atoms with Gasteiger partial charge in [-0.15, -0.1) is 0 Å². The van der Waals surface area contributed by atoms with Gasteiger partial charge in [0.05, 0.1) is 12.8 Å². The first-order valence-electron chi connectivity index (χ1n) is 5.26. The Morgan fingerprint density at radius 1 is 1.62 bits per heavy atom. The molecule has 1 aromatic heterocycles. The summed E-state index contributed by atoms with van der Waals surface area (Å²) in [5.74, 6) is 0.576. The summed E-state index contributed by atoms with van der Waals surface area (Å²) >= 11 is 0. The second-order valence-electron chi connectivity index (χ2n) is 3.85. The summed E-state index contributed by atoms with van der Waals surface area (Å²) in [5, 5.41) is 0. The van der Waals surface area contributed by atoms with Crippen molar-refractivity contribution in [2.45, 2.75) is 18.9 Å². The number of rotatable bonds is 2. The molecule has 1 fully saturated rings. The normalized spacial score (nSPS) is 21.0. The van der Waals surface area contributed by atoms with Gasteiger partial charge in [-0.25, -0.2) is 4.98 Å². The van der Waals surface area contributed by atoms with E-state index in [-0.39, 0.29) is 11.9 Å². The summed E-state index contributed by atoms with van der Waals surface area (Å²) in [7, 11) is 1.56. The maximum Gasteiger partial charge on any atom is 0.228 e. The van der Waals surface area contributed by atoms with E-state index in [9.17, 15) is 4.79 Å². The standard InChI is InChI=1S/C11H15N3O2/c1-16-10-7-9(2-4-13-10)14-5-3-8(12)6-11(14)15/h2,4,7-8H,3,5-6,12H2,1H3. The fraction of sp³-hybridized carbons (Fsp3) is 0.455. The number of hydrogen-bond acceptors (Lipinski definition) is 4. The molecule has 1 aliphatic heterocycles. The van der Waals surface area contributed by atoms with Crippen LogP contribution < -0.4 is 15.4 Å². The molecule has 2 rings (SSSR count). The highest BCUT2D eigenvalue weighted by atomic mass is 16.5. The molecule has 1 aliphatic rings. The molecule has 0 spiro atoms. The lowest BCUT2D eigenvalue weighted by molar-refractivity contribution is -0.119. The number of nitrogens with zero attached hydrogens (tertiary/aromatic N) is 2. The van der Waals surface area contributed by atoms with E-state index in [0.29, 0.717) is 18.8 Å². The fourth-order valence-corrected chi connectivity index (χ4v) is 1.81. The van der Waals surface area contributed by atoms with Crippen LogP contribution in [0.1, 0.15) is 12.8 Å². The maximum absolute atomic E-state index is 11.8. The van der Waals surface area contributed by atoms with Gasteiger partial charge in [0.2, 0.25) is 11.8 Å². The third-order valence-corrected chi connectivity index (χ3v) is 2.70. The quantitative estimate of drug-likeness (QED) is 0.791. The second-order valence-corrected chi connectivity index (χ2v) is 3.85. The average molecular weight is 221 g/mol. The second kappa shape index (κ2) is 4.49. The smallest absolute Gasteiger partial charge is 0.228 e. The van der Waals surface area contributed by atoms with Gasteiger partial charge in [-0.05, 0) is 12.5 Å². The van der Waals surface area contributed by atoms with Crippen molar-refractivity contribution in [1.82, 2.24) is 4.98 Å². The molecule has 1 amide bonds. The molecule has 0 aromatic carbocycles. The SMILES string of the molecule is COc1cc(N2CCC(N)CC2=O)ccn1. The number of hydrogen-bond donors (Lipinski definition) is 1. The van der Waals surface area contributed by atoms with Crippen LogP contribution in [0.5, 0.6) is 5.88 Å². The number of anilines is 1. The summed E-state index contributed by atoms with van der Waals surface area (Å²) in [6.45, 7) is 0.660. The number of aromatic nitrogens is 1. The molecule has 16 heavy (non-hydrogen) atoms. The van der Waals surface area contributed by atoms with E-state index in [1.54, 1.807) is 30.3 Å². The zero-order valence-electron chi connectivity index (χ0n) is 9.22. The number of piperidine rings is 1. The number of methoxy groups -OCH3 is 1. The van der Waals surface area contributed by atoms with Crippen molar-refractivity contribution in [1.29, 1.82) is 0 Å². The highest BCUT2D eigenvalue weighted by Crippen LogP contribution is 2.22. The Morgan fingerprint density at radius 3 is 3.12 bits per heavy atom. The molecule has 2 N–H and O–H groups in total. The summed E-state index contributed by atoms with van der Waals surface area (Å²) in [6, 6.07) is 3.55. The Morgan fingerprint density at radius 2 is 2.44 bits per heavy atom. The molecule has 2 heterocycles. The largest absolute Gasteiger partial charge is 0.481 e. The lowest BCUT2D eigenvalue weighted by Crippen LogP contribution is -2.44. The van der Waals surface area contributed by atoms with Crippen LogP contribution in [0.2, 0.25) is 0 Å². The predicted molar refractivity (Wildman–Crippen MR) is 60.4 cm³/mol. The van der Waals surface area contributed by atoms with Crippen molar-refractivity contribution in [3.63, 3.8) is 0 Å². The zero-order chi connectivity index (χ0) is 11.5. The van der Waals surface area contributed by atoms with E-state index < -0.39 is 0 Å². The Bertz CT molecular complexity index is 395. The minimum atomic E-state index is -0.00696. The van der Waals surface area contributed by atoms with E-state index in [4.69, 9.17) is 10.5 Å². The van der Waals surface area contributed by atoms with Crippen molar-refractivity contribution in [2.75, 3.05) is 18.6 Å². The van der Waals surface area contributed by atoms with E-state index in [1.165, 1.54) is 0 Å². The summed E-state index contributed by atoms with van der Waals surface area (Å²) in [6.07, 6.45) is 2.87. The van der Waals surface area contributed by atoms with Gasteiger partial charge in [-0.3, -0.25) is 4.79 Å². The third kappa shape index (κ3) is 2.14. The molecule has 5 nitrogen and oxygen atoms in total. The Kier molecular flexibility index (Phi) is 3.05. The predicted octanol–water partition coefficient (Wildman–Crippen LogP) is 0.544. The first kappa shape index (κ1) is 10.9. The van der Waals surface area contributed by atoms with Crippen molar-refractivity contribution in [3.05, 3.63) is 18.3 Å². The van der Waals surface area contributed by atoms with E-state index in [0.717, 1.165) is 12.1 Å². The van der Waals surface area contributed by atoms with Gasteiger partial charge in [-0.1, -0.05) is 0 Å².